The molecule has 1 heterocycles. The topological polar surface area (TPSA) is 78.0 Å². The van der Waals surface area contributed by atoms with Crippen molar-refractivity contribution >= 4 is 25.7 Å². The summed E-state index contributed by atoms with van der Waals surface area (Å²) in [5, 5.41) is 0. The highest BCUT2D eigenvalue weighted by molar-refractivity contribution is 7.89. The standard InChI is InChI=1S/C22H31N3O4S2/c1-19(2)17-25(18-20-7-5-4-6-8-20)31(28,29)22-11-9-21(10-12-22)23-13-15-24(16-14-23)30(3,26)27/h4-12,19H,13-18H2,1-3H3. The number of nitrogens with zero attached hydrogens (tertiary/aromatic N) is 3. The Morgan fingerprint density at radius 2 is 1.45 bits per heavy atom. The molecule has 0 atom stereocenters. The van der Waals surface area contributed by atoms with E-state index in [1.807, 2.05) is 44.2 Å². The van der Waals surface area contributed by atoms with Crippen molar-refractivity contribution in [2.75, 3.05) is 43.9 Å². The van der Waals surface area contributed by atoms with Crippen LogP contribution in [0.5, 0.6) is 0 Å². The third-order valence-electron chi connectivity index (χ3n) is 5.32. The van der Waals surface area contributed by atoms with E-state index in [2.05, 4.69) is 4.90 Å². The molecule has 1 aliphatic rings. The molecule has 1 fully saturated rings. The highest BCUT2D eigenvalue weighted by Crippen LogP contribution is 2.24. The lowest BCUT2D eigenvalue weighted by Crippen LogP contribution is -2.48. The quantitative estimate of drug-likeness (QED) is 0.599. The molecule has 2 aromatic rings. The second-order valence-electron chi connectivity index (χ2n) is 8.32. The third-order valence-corrected chi connectivity index (χ3v) is 8.45. The lowest BCUT2D eigenvalue weighted by atomic mass is 10.2. The highest BCUT2D eigenvalue weighted by atomic mass is 32.2. The van der Waals surface area contributed by atoms with Crippen LogP contribution in [-0.2, 0) is 26.6 Å². The van der Waals surface area contributed by atoms with Gasteiger partial charge in [-0.1, -0.05) is 44.2 Å². The Morgan fingerprint density at radius 1 is 0.871 bits per heavy atom. The number of rotatable bonds is 8. The second-order valence-corrected chi connectivity index (χ2v) is 12.2. The first kappa shape index (κ1) is 23.7. The molecule has 0 unspecified atom stereocenters. The molecule has 0 saturated carbocycles. The van der Waals surface area contributed by atoms with E-state index < -0.39 is 20.0 Å². The van der Waals surface area contributed by atoms with Gasteiger partial charge < -0.3 is 4.90 Å². The van der Waals surface area contributed by atoms with Crippen LogP contribution < -0.4 is 4.90 Å². The maximum atomic E-state index is 13.4. The molecular formula is C22H31N3O4S2. The molecule has 0 bridgehead atoms. The maximum Gasteiger partial charge on any atom is 0.243 e. The summed E-state index contributed by atoms with van der Waals surface area (Å²) in [5.41, 5.74) is 1.85. The molecule has 0 spiro atoms. The molecule has 0 N–H and O–H groups in total. The van der Waals surface area contributed by atoms with Crippen molar-refractivity contribution < 1.29 is 16.8 Å². The SMILES string of the molecule is CC(C)CN(Cc1ccccc1)S(=O)(=O)c1ccc(N2CCN(S(C)(=O)=O)CC2)cc1. The number of anilines is 1. The first-order chi connectivity index (χ1) is 14.6. The van der Waals surface area contributed by atoms with Crippen LogP contribution in [0.2, 0.25) is 0 Å². The summed E-state index contributed by atoms with van der Waals surface area (Å²) in [7, 11) is -6.82. The van der Waals surface area contributed by atoms with Crippen molar-refractivity contribution in [2.45, 2.75) is 25.3 Å². The van der Waals surface area contributed by atoms with Crippen LogP contribution in [0, 0.1) is 5.92 Å². The van der Waals surface area contributed by atoms with Crippen LogP contribution in [0.15, 0.2) is 59.5 Å². The van der Waals surface area contributed by atoms with E-state index in [9.17, 15) is 16.8 Å². The van der Waals surface area contributed by atoms with Gasteiger partial charge in [0, 0.05) is 45.0 Å². The zero-order valence-electron chi connectivity index (χ0n) is 18.3. The van der Waals surface area contributed by atoms with Gasteiger partial charge in [0.15, 0.2) is 0 Å². The number of hydrogen-bond acceptors (Lipinski definition) is 5. The predicted molar refractivity (Wildman–Crippen MR) is 124 cm³/mol. The molecule has 0 amide bonds. The van der Waals surface area contributed by atoms with Crippen LogP contribution in [0.4, 0.5) is 5.69 Å². The molecule has 170 valence electrons. The van der Waals surface area contributed by atoms with Crippen LogP contribution in [0.1, 0.15) is 19.4 Å². The fraction of sp³-hybridized carbons (Fsp3) is 0.455. The zero-order valence-corrected chi connectivity index (χ0v) is 19.9. The average molecular weight is 466 g/mol. The number of hydrogen-bond donors (Lipinski definition) is 0. The Kier molecular flexibility index (Phi) is 7.41. The van der Waals surface area contributed by atoms with Crippen molar-refractivity contribution in [1.82, 2.24) is 8.61 Å². The lowest BCUT2D eigenvalue weighted by Gasteiger charge is -2.34. The molecule has 7 nitrogen and oxygen atoms in total. The first-order valence-electron chi connectivity index (χ1n) is 10.4. The molecule has 0 radical (unpaired) electrons. The summed E-state index contributed by atoms with van der Waals surface area (Å²) in [4.78, 5) is 2.34. The van der Waals surface area contributed by atoms with Gasteiger partial charge >= 0.3 is 0 Å². The molecule has 9 heteroatoms. The summed E-state index contributed by atoms with van der Waals surface area (Å²) in [6, 6.07) is 16.5. The van der Waals surface area contributed by atoms with Crippen LogP contribution in [0.3, 0.4) is 0 Å². The van der Waals surface area contributed by atoms with Gasteiger partial charge in [-0.25, -0.2) is 16.8 Å². The van der Waals surface area contributed by atoms with Gasteiger partial charge in [-0.3, -0.25) is 0 Å². The Hall–Kier alpha value is -1.94. The first-order valence-corrected chi connectivity index (χ1v) is 13.7. The van der Waals surface area contributed by atoms with Crippen molar-refractivity contribution in [3.8, 4) is 0 Å². The zero-order chi connectivity index (χ0) is 22.6. The smallest absolute Gasteiger partial charge is 0.243 e. The van der Waals surface area contributed by atoms with Gasteiger partial charge in [0.2, 0.25) is 20.0 Å². The molecule has 1 aliphatic heterocycles. The summed E-state index contributed by atoms with van der Waals surface area (Å²) >= 11 is 0. The Balaban J connectivity index is 1.76. The van der Waals surface area contributed by atoms with Gasteiger partial charge in [-0.05, 0) is 35.7 Å². The highest BCUT2D eigenvalue weighted by Gasteiger charge is 2.27. The third kappa shape index (κ3) is 6.06. The second kappa shape index (κ2) is 9.68. The van der Waals surface area contributed by atoms with Crippen molar-refractivity contribution in [3.63, 3.8) is 0 Å². The van der Waals surface area contributed by atoms with E-state index >= 15 is 0 Å². The lowest BCUT2D eigenvalue weighted by molar-refractivity contribution is 0.362. The monoisotopic (exact) mass is 465 g/mol. The molecule has 3 rings (SSSR count). The Bertz CT molecular complexity index is 1060. The molecule has 2 aromatic carbocycles. The van der Waals surface area contributed by atoms with Gasteiger partial charge in [-0.15, -0.1) is 0 Å². The van der Waals surface area contributed by atoms with Crippen LogP contribution in [0.25, 0.3) is 0 Å². The maximum absolute atomic E-state index is 13.4. The molecule has 1 saturated heterocycles. The van der Waals surface area contributed by atoms with Crippen LogP contribution in [-0.4, -0.2) is 64.4 Å². The minimum Gasteiger partial charge on any atom is -0.369 e. The van der Waals surface area contributed by atoms with Crippen molar-refractivity contribution in [3.05, 3.63) is 60.2 Å². The van der Waals surface area contributed by atoms with E-state index in [4.69, 9.17) is 0 Å². The summed E-state index contributed by atoms with van der Waals surface area (Å²) in [6.07, 6.45) is 1.22. The predicted octanol–water partition coefficient (Wildman–Crippen LogP) is 2.62. The summed E-state index contributed by atoms with van der Waals surface area (Å²) in [5.74, 6) is 0.198. The number of piperazine rings is 1. The summed E-state index contributed by atoms with van der Waals surface area (Å²) < 4.78 is 53.1. The largest absolute Gasteiger partial charge is 0.369 e. The minimum atomic E-state index is -3.64. The van der Waals surface area contributed by atoms with E-state index in [1.165, 1.54) is 14.9 Å². The number of benzene rings is 2. The average Bonchev–Trinajstić information content (AvgIpc) is 2.73. The van der Waals surface area contributed by atoms with E-state index in [-0.39, 0.29) is 10.8 Å². The minimum absolute atomic E-state index is 0.198. The van der Waals surface area contributed by atoms with Crippen LogP contribution >= 0.6 is 0 Å². The van der Waals surface area contributed by atoms with Gasteiger partial charge in [0.05, 0.1) is 11.2 Å². The Morgan fingerprint density at radius 3 is 1.97 bits per heavy atom. The van der Waals surface area contributed by atoms with Gasteiger partial charge in [0.25, 0.3) is 0 Å². The van der Waals surface area contributed by atoms with Gasteiger partial charge in [0.1, 0.15) is 0 Å². The normalized spacial score (nSPS) is 16.2. The van der Waals surface area contributed by atoms with E-state index in [0.29, 0.717) is 39.3 Å². The molecule has 0 aliphatic carbocycles. The fourth-order valence-corrected chi connectivity index (χ4v) is 6.12. The number of sulfonamides is 2. The molecule has 0 aromatic heterocycles. The molecular weight excluding hydrogens is 434 g/mol. The van der Waals surface area contributed by atoms with Gasteiger partial charge in [-0.2, -0.15) is 8.61 Å². The van der Waals surface area contributed by atoms with Crippen molar-refractivity contribution in [2.24, 2.45) is 5.92 Å². The Labute approximate surface area is 186 Å². The van der Waals surface area contributed by atoms with E-state index in [1.54, 1.807) is 24.3 Å². The van der Waals surface area contributed by atoms with Crippen molar-refractivity contribution in [1.29, 1.82) is 0 Å². The summed E-state index contributed by atoms with van der Waals surface area (Å²) in [6.45, 7) is 6.79. The van der Waals surface area contributed by atoms with E-state index in [0.717, 1.165) is 11.3 Å². The molecule has 31 heavy (non-hydrogen) atoms. The fourth-order valence-electron chi connectivity index (χ4n) is 3.70.